The summed E-state index contributed by atoms with van der Waals surface area (Å²) in [6.45, 7) is 2.17. The van der Waals surface area contributed by atoms with Gasteiger partial charge in [0, 0.05) is 16.6 Å². The van der Waals surface area contributed by atoms with Crippen LogP contribution in [-0.2, 0) is 6.42 Å². The van der Waals surface area contributed by atoms with E-state index in [1.807, 2.05) is 0 Å². The molecule has 1 aromatic heterocycles. The SMILES string of the molecule is Cc1[nH]c2ccc3ccccc3c2c1Cc1ccccc1. The van der Waals surface area contributed by atoms with Gasteiger partial charge in [-0.25, -0.2) is 0 Å². The smallest absolute Gasteiger partial charge is 0.0465 e. The van der Waals surface area contributed by atoms with Gasteiger partial charge >= 0.3 is 0 Å². The highest BCUT2D eigenvalue weighted by Gasteiger charge is 2.11. The summed E-state index contributed by atoms with van der Waals surface area (Å²) in [6.07, 6.45) is 0.973. The van der Waals surface area contributed by atoms with Crippen molar-refractivity contribution in [3.8, 4) is 0 Å². The Bertz CT molecular complexity index is 917. The zero-order chi connectivity index (χ0) is 14.2. The highest BCUT2D eigenvalue weighted by atomic mass is 14.7. The van der Waals surface area contributed by atoms with E-state index in [0.29, 0.717) is 0 Å². The molecular formula is C20H17N. The summed E-state index contributed by atoms with van der Waals surface area (Å²) in [6, 6.07) is 23.7. The molecule has 1 heteroatoms. The van der Waals surface area contributed by atoms with Crippen LogP contribution in [0.15, 0.2) is 66.7 Å². The summed E-state index contributed by atoms with van der Waals surface area (Å²) in [5.41, 5.74) is 5.27. The van der Waals surface area contributed by atoms with Gasteiger partial charge in [0.2, 0.25) is 0 Å². The number of H-pyrrole nitrogens is 1. The molecule has 0 amide bonds. The number of rotatable bonds is 2. The Morgan fingerprint density at radius 3 is 2.43 bits per heavy atom. The lowest BCUT2D eigenvalue weighted by atomic mass is 9.98. The number of fused-ring (bicyclic) bond motifs is 3. The van der Waals surface area contributed by atoms with Gasteiger partial charge < -0.3 is 4.98 Å². The summed E-state index contributed by atoms with van der Waals surface area (Å²) in [5.74, 6) is 0. The molecule has 1 nitrogen and oxygen atoms in total. The normalized spacial score (nSPS) is 11.3. The van der Waals surface area contributed by atoms with Crippen LogP contribution in [0.2, 0.25) is 0 Å². The van der Waals surface area contributed by atoms with Crippen molar-refractivity contribution in [1.29, 1.82) is 0 Å². The molecule has 3 aromatic carbocycles. The average molecular weight is 271 g/mol. The lowest BCUT2D eigenvalue weighted by molar-refractivity contribution is 1.15. The molecule has 0 aliphatic heterocycles. The van der Waals surface area contributed by atoms with E-state index in [-0.39, 0.29) is 0 Å². The van der Waals surface area contributed by atoms with Gasteiger partial charge in [0.25, 0.3) is 0 Å². The summed E-state index contributed by atoms with van der Waals surface area (Å²) >= 11 is 0. The lowest BCUT2D eigenvalue weighted by Crippen LogP contribution is -1.89. The van der Waals surface area contributed by atoms with Crippen molar-refractivity contribution in [1.82, 2.24) is 4.98 Å². The summed E-state index contributed by atoms with van der Waals surface area (Å²) < 4.78 is 0. The number of benzene rings is 3. The van der Waals surface area contributed by atoms with Crippen molar-refractivity contribution in [3.05, 3.63) is 83.6 Å². The number of aromatic amines is 1. The van der Waals surface area contributed by atoms with Crippen LogP contribution in [0, 0.1) is 6.92 Å². The molecule has 0 unspecified atom stereocenters. The average Bonchev–Trinajstić information content (AvgIpc) is 2.85. The molecule has 1 heterocycles. The van der Waals surface area contributed by atoms with Crippen molar-refractivity contribution in [2.75, 3.05) is 0 Å². The van der Waals surface area contributed by atoms with Gasteiger partial charge in [0.1, 0.15) is 0 Å². The maximum Gasteiger partial charge on any atom is 0.0465 e. The standard InChI is InChI=1S/C20H17N/c1-14-18(13-15-7-3-2-4-8-15)20-17-10-6-5-9-16(17)11-12-19(20)21-14/h2-12,21H,13H2,1H3. The van der Waals surface area contributed by atoms with Crippen LogP contribution < -0.4 is 0 Å². The van der Waals surface area contributed by atoms with Gasteiger partial charge in [0.15, 0.2) is 0 Å². The molecule has 0 bridgehead atoms. The molecule has 0 saturated carbocycles. The van der Waals surface area contributed by atoms with E-state index in [1.165, 1.54) is 38.5 Å². The second-order valence-electron chi connectivity index (χ2n) is 5.60. The van der Waals surface area contributed by atoms with Crippen molar-refractivity contribution in [3.63, 3.8) is 0 Å². The fraction of sp³-hybridized carbons (Fsp3) is 0.100. The maximum atomic E-state index is 3.54. The van der Waals surface area contributed by atoms with Crippen LogP contribution in [0.1, 0.15) is 16.8 Å². The molecule has 1 N–H and O–H groups in total. The van der Waals surface area contributed by atoms with E-state index < -0.39 is 0 Å². The summed E-state index contributed by atoms with van der Waals surface area (Å²) in [7, 11) is 0. The molecule has 0 saturated heterocycles. The van der Waals surface area contributed by atoms with E-state index >= 15 is 0 Å². The topological polar surface area (TPSA) is 15.8 Å². The fourth-order valence-electron chi connectivity index (χ4n) is 3.19. The largest absolute Gasteiger partial charge is 0.358 e. The third-order valence-electron chi connectivity index (χ3n) is 4.23. The summed E-state index contributed by atoms with van der Waals surface area (Å²) in [5, 5.41) is 4.01. The molecule has 4 aromatic rings. The third-order valence-corrected chi connectivity index (χ3v) is 4.23. The Balaban J connectivity index is 1.99. The highest BCUT2D eigenvalue weighted by Crippen LogP contribution is 2.31. The van der Waals surface area contributed by atoms with E-state index in [0.717, 1.165) is 6.42 Å². The number of hydrogen-bond acceptors (Lipinski definition) is 0. The molecule has 0 fully saturated rings. The monoisotopic (exact) mass is 271 g/mol. The van der Waals surface area contributed by atoms with Gasteiger partial charge in [-0.3, -0.25) is 0 Å². The van der Waals surface area contributed by atoms with Crippen molar-refractivity contribution in [2.24, 2.45) is 0 Å². The molecule has 102 valence electrons. The first-order valence-electron chi connectivity index (χ1n) is 7.36. The minimum atomic E-state index is 0.973. The Morgan fingerprint density at radius 2 is 1.57 bits per heavy atom. The predicted molar refractivity (Wildman–Crippen MR) is 89.8 cm³/mol. The molecule has 21 heavy (non-hydrogen) atoms. The Labute approximate surface area is 124 Å². The molecule has 0 aliphatic carbocycles. The zero-order valence-electron chi connectivity index (χ0n) is 12.1. The molecular weight excluding hydrogens is 254 g/mol. The van der Waals surface area contributed by atoms with Crippen molar-refractivity contribution >= 4 is 21.7 Å². The van der Waals surface area contributed by atoms with Crippen LogP contribution in [0.5, 0.6) is 0 Å². The molecule has 0 atom stereocenters. The third kappa shape index (κ3) is 2.02. The Kier molecular flexibility index (Phi) is 2.78. The van der Waals surface area contributed by atoms with Crippen molar-refractivity contribution < 1.29 is 0 Å². The molecule has 0 spiro atoms. The van der Waals surface area contributed by atoms with Gasteiger partial charge in [-0.1, -0.05) is 60.7 Å². The maximum absolute atomic E-state index is 3.54. The van der Waals surface area contributed by atoms with Gasteiger partial charge in [-0.05, 0) is 41.3 Å². The van der Waals surface area contributed by atoms with Gasteiger partial charge in [0.05, 0.1) is 0 Å². The minimum Gasteiger partial charge on any atom is -0.358 e. The fourth-order valence-corrected chi connectivity index (χ4v) is 3.19. The van der Waals surface area contributed by atoms with E-state index in [4.69, 9.17) is 0 Å². The van der Waals surface area contributed by atoms with E-state index in [9.17, 15) is 0 Å². The van der Waals surface area contributed by atoms with Crippen molar-refractivity contribution in [2.45, 2.75) is 13.3 Å². The predicted octanol–water partition coefficient (Wildman–Crippen LogP) is 5.22. The molecule has 4 rings (SSSR count). The van der Waals surface area contributed by atoms with E-state index in [2.05, 4.69) is 78.6 Å². The first kappa shape index (κ1) is 12.2. The first-order valence-corrected chi connectivity index (χ1v) is 7.36. The first-order chi connectivity index (χ1) is 10.3. The zero-order valence-corrected chi connectivity index (χ0v) is 12.1. The second-order valence-corrected chi connectivity index (χ2v) is 5.60. The van der Waals surface area contributed by atoms with E-state index in [1.54, 1.807) is 0 Å². The number of hydrogen-bond donors (Lipinski definition) is 1. The van der Waals surface area contributed by atoms with Gasteiger partial charge in [-0.15, -0.1) is 0 Å². The Morgan fingerprint density at radius 1 is 0.810 bits per heavy atom. The number of aryl methyl sites for hydroxylation is 1. The van der Waals surface area contributed by atoms with Crippen LogP contribution in [0.3, 0.4) is 0 Å². The Hall–Kier alpha value is -2.54. The van der Waals surface area contributed by atoms with Gasteiger partial charge in [-0.2, -0.15) is 0 Å². The minimum absolute atomic E-state index is 0.973. The van der Waals surface area contributed by atoms with Crippen LogP contribution in [0.25, 0.3) is 21.7 Å². The number of aromatic nitrogens is 1. The lowest BCUT2D eigenvalue weighted by Gasteiger charge is -2.05. The van der Waals surface area contributed by atoms with Crippen LogP contribution in [0.4, 0.5) is 0 Å². The number of nitrogens with one attached hydrogen (secondary N) is 1. The summed E-state index contributed by atoms with van der Waals surface area (Å²) in [4.78, 5) is 3.54. The second kappa shape index (κ2) is 4.78. The highest BCUT2D eigenvalue weighted by molar-refractivity contribution is 6.08. The van der Waals surface area contributed by atoms with Crippen LogP contribution in [-0.4, -0.2) is 4.98 Å². The quantitative estimate of drug-likeness (QED) is 0.514. The molecule has 0 radical (unpaired) electrons. The van der Waals surface area contributed by atoms with Crippen LogP contribution >= 0.6 is 0 Å². The molecule has 0 aliphatic rings.